The Morgan fingerprint density at radius 1 is 1.28 bits per heavy atom. The van der Waals surface area contributed by atoms with Gasteiger partial charge in [-0.2, -0.15) is 18.2 Å². The maximum absolute atomic E-state index is 12.9. The van der Waals surface area contributed by atoms with Gasteiger partial charge in [0.25, 0.3) is 0 Å². The summed E-state index contributed by atoms with van der Waals surface area (Å²) in [6.45, 7) is 1.27. The van der Waals surface area contributed by atoms with Crippen molar-refractivity contribution in [2.75, 3.05) is 6.54 Å². The molecule has 12 heteroatoms. The van der Waals surface area contributed by atoms with E-state index in [1.807, 2.05) is 22.4 Å². The molecule has 0 aromatic carbocycles. The number of rotatable bonds is 3. The number of aromatic nitrogens is 6. The molecule has 0 radical (unpaired) electrons. The number of hydrogen-bond donors (Lipinski definition) is 1. The molecule has 4 heterocycles. The van der Waals surface area contributed by atoms with Crippen molar-refractivity contribution < 1.29 is 13.2 Å². The molecule has 1 aliphatic heterocycles. The lowest BCUT2D eigenvalue weighted by Gasteiger charge is -2.27. The van der Waals surface area contributed by atoms with Gasteiger partial charge in [0.1, 0.15) is 5.82 Å². The van der Waals surface area contributed by atoms with E-state index in [9.17, 15) is 13.2 Å². The van der Waals surface area contributed by atoms with Gasteiger partial charge >= 0.3 is 6.18 Å². The van der Waals surface area contributed by atoms with Crippen molar-refractivity contribution in [3.63, 3.8) is 0 Å². The summed E-state index contributed by atoms with van der Waals surface area (Å²) < 4.78 is 41.8. The van der Waals surface area contributed by atoms with Crippen molar-refractivity contribution in [2.24, 2.45) is 0 Å². The van der Waals surface area contributed by atoms with E-state index in [1.54, 1.807) is 16.0 Å². The summed E-state index contributed by atoms with van der Waals surface area (Å²) in [6.07, 6.45) is -4.49. The molecule has 1 N–H and O–H groups in total. The summed E-state index contributed by atoms with van der Waals surface area (Å²) in [5, 5.41) is 12.0. The van der Waals surface area contributed by atoms with Gasteiger partial charge < -0.3 is 4.57 Å². The standard InChI is InChI=1S/C13H12F3N7S2/c14-13(15,16)11-19-18-9-6-21(3-4-22(9)11)7-23-12(24)17-10(20-23)8-2-1-5-25-8/h1-2,5H,3-4,6-7H2,(H,17,20,24). The number of nitrogens with zero attached hydrogens (tertiary/aromatic N) is 6. The molecule has 0 atom stereocenters. The monoisotopic (exact) mass is 387 g/mol. The lowest BCUT2D eigenvalue weighted by Crippen LogP contribution is -2.36. The van der Waals surface area contributed by atoms with Crippen molar-refractivity contribution in [1.29, 1.82) is 0 Å². The Balaban J connectivity index is 1.52. The molecule has 0 saturated carbocycles. The van der Waals surface area contributed by atoms with Gasteiger partial charge in [-0.3, -0.25) is 10.00 Å². The first-order valence-corrected chi connectivity index (χ1v) is 8.63. The van der Waals surface area contributed by atoms with Gasteiger partial charge in [-0.05, 0) is 23.7 Å². The van der Waals surface area contributed by atoms with Gasteiger partial charge in [-0.1, -0.05) is 6.07 Å². The van der Waals surface area contributed by atoms with Crippen LogP contribution in [0.25, 0.3) is 10.7 Å². The highest BCUT2D eigenvalue weighted by Gasteiger charge is 2.39. The summed E-state index contributed by atoms with van der Waals surface area (Å²) in [6, 6.07) is 3.86. The minimum Gasteiger partial charge on any atom is -0.305 e. The molecule has 132 valence electrons. The molecule has 0 unspecified atom stereocenters. The van der Waals surface area contributed by atoms with E-state index >= 15 is 0 Å². The molecule has 25 heavy (non-hydrogen) atoms. The van der Waals surface area contributed by atoms with Crippen LogP contribution in [0, 0.1) is 4.77 Å². The fourth-order valence-corrected chi connectivity index (χ4v) is 3.57. The Bertz CT molecular complexity index is 938. The highest BCUT2D eigenvalue weighted by atomic mass is 32.1. The largest absolute Gasteiger partial charge is 0.451 e. The normalized spacial score (nSPS) is 15.5. The van der Waals surface area contributed by atoms with Crippen LogP contribution in [0.2, 0.25) is 0 Å². The van der Waals surface area contributed by atoms with Gasteiger partial charge in [-0.15, -0.1) is 21.5 Å². The average molecular weight is 387 g/mol. The van der Waals surface area contributed by atoms with Crippen LogP contribution in [0.5, 0.6) is 0 Å². The molecule has 3 aromatic heterocycles. The second-order valence-electron chi connectivity index (χ2n) is 5.54. The van der Waals surface area contributed by atoms with Gasteiger partial charge in [-0.25, -0.2) is 4.68 Å². The SMILES string of the molecule is FC(F)(F)c1nnc2n1CCN(Cn1[nH]c(-c3cccs3)nc1=S)C2. The van der Waals surface area contributed by atoms with E-state index in [0.29, 0.717) is 29.6 Å². The minimum atomic E-state index is -4.49. The highest BCUT2D eigenvalue weighted by Crippen LogP contribution is 2.29. The third-order valence-electron chi connectivity index (χ3n) is 3.86. The molecule has 0 fully saturated rings. The van der Waals surface area contributed by atoms with Crippen LogP contribution in [0.15, 0.2) is 17.5 Å². The Hall–Kier alpha value is -2.05. The van der Waals surface area contributed by atoms with E-state index in [-0.39, 0.29) is 13.1 Å². The predicted octanol–water partition coefficient (Wildman–Crippen LogP) is 2.75. The zero-order valence-electron chi connectivity index (χ0n) is 12.7. The maximum atomic E-state index is 12.9. The van der Waals surface area contributed by atoms with E-state index in [4.69, 9.17) is 12.2 Å². The van der Waals surface area contributed by atoms with Gasteiger partial charge in [0.15, 0.2) is 5.82 Å². The number of hydrogen-bond acceptors (Lipinski definition) is 6. The smallest absolute Gasteiger partial charge is 0.305 e. The molecule has 7 nitrogen and oxygen atoms in total. The topological polar surface area (TPSA) is 67.6 Å². The molecule has 1 aliphatic rings. The van der Waals surface area contributed by atoms with E-state index < -0.39 is 12.0 Å². The summed E-state index contributed by atoms with van der Waals surface area (Å²) in [4.78, 5) is 7.23. The van der Waals surface area contributed by atoms with E-state index in [1.165, 1.54) is 0 Å². The number of aromatic amines is 1. The van der Waals surface area contributed by atoms with Crippen LogP contribution in [0.1, 0.15) is 11.6 Å². The third kappa shape index (κ3) is 3.12. The van der Waals surface area contributed by atoms with Crippen molar-refractivity contribution >= 4 is 23.6 Å². The quantitative estimate of drug-likeness (QED) is 0.700. The van der Waals surface area contributed by atoms with Crippen LogP contribution in [-0.2, 0) is 25.9 Å². The zero-order valence-corrected chi connectivity index (χ0v) is 14.3. The van der Waals surface area contributed by atoms with Crippen molar-refractivity contribution in [2.45, 2.75) is 25.9 Å². The number of H-pyrrole nitrogens is 1. The summed E-state index contributed by atoms with van der Waals surface area (Å²) in [5.41, 5.74) is 0. The molecule has 0 bridgehead atoms. The maximum Gasteiger partial charge on any atom is 0.451 e. The molecular formula is C13H12F3N7S2. The second kappa shape index (κ2) is 6.04. The second-order valence-corrected chi connectivity index (χ2v) is 6.86. The first kappa shape index (κ1) is 16.4. The van der Waals surface area contributed by atoms with Gasteiger partial charge in [0, 0.05) is 13.1 Å². The molecule has 0 spiro atoms. The Morgan fingerprint density at radius 3 is 2.84 bits per heavy atom. The molecule has 4 rings (SSSR count). The first-order chi connectivity index (χ1) is 11.9. The Kier molecular flexibility index (Phi) is 3.96. The van der Waals surface area contributed by atoms with Gasteiger partial charge in [0.05, 0.1) is 18.1 Å². The molecular weight excluding hydrogens is 375 g/mol. The number of thiophene rings is 1. The molecule has 0 amide bonds. The van der Waals surface area contributed by atoms with E-state index in [0.717, 1.165) is 9.44 Å². The third-order valence-corrected chi connectivity index (χ3v) is 5.05. The van der Waals surface area contributed by atoms with E-state index in [2.05, 4.69) is 20.3 Å². The lowest BCUT2D eigenvalue weighted by molar-refractivity contribution is -0.148. The Morgan fingerprint density at radius 2 is 2.12 bits per heavy atom. The minimum absolute atomic E-state index is 0.177. The van der Waals surface area contributed by atoms with Crippen LogP contribution >= 0.6 is 23.6 Å². The van der Waals surface area contributed by atoms with Crippen molar-refractivity contribution in [3.8, 4) is 10.7 Å². The number of nitrogens with one attached hydrogen (secondary N) is 1. The molecule has 0 saturated heterocycles. The number of fused-ring (bicyclic) bond motifs is 1. The molecule has 0 aliphatic carbocycles. The number of alkyl halides is 3. The fourth-order valence-electron chi connectivity index (χ4n) is 2.71. The van der Waals surface area contributed by atoms with Crippen LogP contribution < -0.4 is 0 Å². The molecule has 3 aromatic rings. The fraction of sp³-hybridized carbons (Fsp3) is 0.385. The highest BCUT2D eigenvalue weighted by molar-refractivity contribution is 7.71. The zero-order chi connectivity index (χ0) is 17.6. The average Bonchev–Trinajstić information content (AvgIpc) is 3.26. The predicted molar refractivity (Wildman–Crippen MR) is 86.2 cm³/mol. The first-order valence-electron chi connectivity index (χ1n) is 7.34. The van der Waals surface area contributed by atoms with Crippen LogP contribution in [0.3, 0.4) is 0 Å². The summed E-state index contributed by atoms with van der Waals surface area (Å²) in [7, 11) is 0. The number of halogens is 3. The van der Waals surface area contributed by atoms with Gasteiger partial charge in [0.2, 0.25) is 10.6 Å². The van der Waals surface area contributed by atoms with Crippen LogP contribution in [-0.4, -0.2) is 41.0 Å². The Labute approximate surface area is 148 Å². The van der Waals surface area contributed by atoms with Crippen molar-refractivity contribution in [1.82, 2.24) is 34.4 Å². The lowest BCUT2D eigenvalue weighted by atomic mass is 10.3. The van der Waals surface area contributed by atoms with Crippen LogP contribution in [0.4, 0.5) is 13.2 Å². The summed E-state index contributed by atoms with van der Waals surface area (Å²) >= 11 is 6.81. The summed E-state index contributed by atoms with van der Waals surface area (Å²) in [5.74, 6) is 0.0305. The van der Waals surface area contributed by atoms with Crippen molar-refractivity contribution in [3.05, 3.63) is 33.9 Å².